The third-order valence-corrected chi connectivity index (χ3v) is 2.73. The van der Waals surface area contributed by atoms with Crippen molar-refractivity contribution in [3.05, 3.63) is 30.5 Å². The molecule has 0 aliphatic heterocycles. The van der Waals surface area contributed by atoms with Crippen molar-refractivity contribution in [3.63, 3.8) is 0 Å². The number of hydrogen-bond donors (Lipinski definition) is 0. The molecule has 0 fully saturated rings. The first kappa shape index (κ1) is 14.3. The minimum absolute atomic E-state index is 1.06. The first-order chi connectivity index (χ1) is 7.35. The SMILES string of the molecule is C=C=C(CCC=C)CCCCCCCC. The maximum absolute atomic E-state index is 3.75. The maximum Gasteiger partial charge on any atom is -0.0209 e. The highest BCUT2D eigenvalue weighted by atomic mass is 14.0. The lowest BCUT2D eigenvalue weighted by molar-refractivity contribution is 0.602. The third-order valence-electron chi connectivity index (χ3n) is 2.73. The average Bonchev–Trinajstić information content (AvgIpc) is 2.27. The van der Waals surface area contributed by atoms with Crippen LogP contribution in [0.4, 0.5) is 0 Å². The van der Waals surface area contributed by atoms with Crippen molar-refractivity contribution in [2.24, 2.45) is 0 Å². The minimum Gasteiger partial charge on any atom is -0.130 e. The van der Waals surface area contributed by atoms with Crippen LogP contribution in [-0.4, -0.2) is 0 Å². The van der Waals surface area contributed by atoms with Crippen LogP contribution >= 0.6 is 0 Å². The molecule has 0 saturated carbocycles. The predicted octanol–water partition coefficient (Wildman–Crippen LogP) is 5.41. The molecule has 0 heteroatoms. The Bertz CT molecular complexity index is 194. The van der Waals surface area contributed by atoms with Gasteiger partial charge in [-0.1, -0.05) is 51.7 Å². The van der Waals surface area contributed by atoms with Crippen LogP contribution in [0.2, 0.25) is 0 Å². The molecule has 15 heavy (non-hydrogen) atoms. The number of allylic oxidation sites excluding steroid dienone is 2. The van der Waals surface area contributed by atoms with Crippen LogP contribution in [0.3, 0.4) is 0 Å². The molecule has 0 amide bonds. The van der Waals surface area contributed by atoms with Gasteiger partial charge in [0.2, 0.25) is 0 Å². The fourth-order valence-electron chi connectivity index (χ4n) is 1.70. The lowest BCUT2D eigenvalue weighted by Crippen LogP contribution is -1.84. The van der Waals surface area contributed by atoms with Crippen LogP contribution in [-0.2, 0) is 0 Å². The van der Waals surface area contributed by atoms with Crippen LogP contribution in [0.15, 0.2) is 30.5 Å². The van der Waals surface area contributed by atoms with Crippen LogP contribution < -0.4 is 0 Å². The van der Waals surface area contributed by atoms with E-state index >= 15 is 0 Å². The van der Waals surface area contributed by atoms with E-state index in [2.05, 4.69) is 25.8 Å². The highest BCUT2D eigenvalue weighted by Crippen LogP contribution is 2.14. The van der Waals surface area contributed by atoms with E-state index in [1.54, 1.807) is 0 Å². The van der Waals surface area contributed by atoms with Crippen molar-refractivity contribution in [3.8, 4) is 0 Å². The molecule has 0 aliphatic rings. The lowest BCUT2D eigenvalue weighted by atomic mass is 10.0. The second-order valence-corrected chi connectivity index (χ2v) is 4.13. The molecule has 0 unspecified atom stereocenters. The zero-order chi connectivity index (χ0) is 11.4. The standard InChI is InChI=1S/C15H26/c1-4-7-9-10-11-12-14-15(6-3)13-8-5-2/h5H,2-4,7-14H2,1H3. The summed E-state index contributed by atoms with van der Waals surface area (Å²) in [5, 5.41) is 0. The van der Waals surface area contributed by atoms with Crippen LogP contribution in [0.1, 0.15) is 64.7 Å². The summed E-state index contributed by atoms with van der Waals surface area (Å²) in [6.07, 6.45) is 13.5. The fraction of sp³-hybridized carbons (Fsp3) is 0.667. The molecule has 0 aromatic carbocycles. The van der Waals surface area contributed by atoms with Gasteiger partial charge in [0.05, 0.1) is 0 Å². The predicted molar refractivity (Wildman–Crippen MR) is 70.1 cm³/mol. The van der Waals surface area contributed by atoms with E-state index in [-0.39, 0.29) is 0 Å². The fourth-order valence-corrected chi connectivity index (χ4v) is 1.70. The molecule has 0 atom stereocenters. The summed E-state index contributed by atoms with van der Waals surface area (Å²) in [5.74, 6) is 0. The van der Waals surface area contributed by atoms with Gasteiger partial charge in [-0.2, -0.15) is 0 Å². The first-order valence-corrected chi connectivity index (χ1v) is 6.33. The first-order valence-electron chi connectivity index (χ1n) is 6.33. The summed E-state index contributed by atoms with van der Waals surface area (Å²) in [5.41, 5.74) is 4.44. The Balaban J connectivity index is 3.39. The molecular weight excluding hydrogens is 180 g/mol. The molecule has 0 aliphatic carbocycles. The van der Waals surface area contributed by atoms with Gasteiger partial charge in [0.1, 0.15) is 0 Å². The van der Waals surface area contributed by atoms with Gasteiger partial charge in [-0.15, -0.1) is 12.3 Å². The molecule has 0 spiro atoms. The van der Waals surface area contributed by atoms with E-state index in [0.717, 1.165) is 12.8 Å². The smallest absolute Gasteiger partial charge is 0.0209 e. The molecule has 0 heterocycles. The Morgan fingerprint density at radius 2 is 1.73 bits per heavy atom. The summed E-state index contributed by atoms with van der Waals surface area (Å²) in [6, 6.07) is 0. The zero-order valence-corrected chi connectivity index (χ0v) is 10.4. The van der Waals surface area contributed by atoms with Crippen LogP contribution in [0, 0.1) is 0 Å². The van der Waals surface area contributed by atoms with Gasteiger partial charge in [0, 0.05) is 0 Å². The van der Waals surface area contributed by atoms with Crippen molar-refractivity contribution in [1.29, 1.82) is 0 Å². The normalized spacial score (nSPS) is 9.67. The minimum atomic E-state index is 1.06. The Labute approximate surface area is 95.8 Å². The average molecular weight is 206 g/mol. The Morgan fingerprint density at radius 3 is 2.33 bits per heavy atom. The van der Waals surface area contributed by atoms with Gasteiger partial charge in [0.25, 0.3) is 0 Å². The van der Waals surface area contributed by atoms with Crippen LogP contribution in [0.5, 0.6) is 0 Å². The van der Waals surface area contributed by atoms with Crippen molar-refractivity contribution >= 4 is 0 Å². The molecule has 0 nitrogen and oxygen atoms in total. The summed E-state index contributed by atoms with van der Waals surface area (Å²) in [7, 11) is 0. The largest absolute Gasteiger partial charge is 0.130 e. The number of rotatable bonds is 10. The zero-order valence-electron chi connectivity index (χ0n) is 10.4. The van der Waals surface area contributed by atoms with Crippen molar-refractivity contribution in [1.82, 2.24) is 0 Å². The maximum atomic E-state index is 3.75. The molecule has 0 aromatic rings. The summed E-state index contributed by atoms with van der Waals surface area (Å²) < 4.78 is 0. The van der Waals surface area contributed by atoms with E-state index in [9.17, 15) is 0 Å². The second kappa shape index (κ2) is 11.3. The monoisotopic (exact) mass is 206 g/mol. The summed E-state index contributed by atoms with van der Waals surface area (Å²) >= 11 is 0. The highest BCUT2D eigenvalue weighted by molar-refractivity contribution is 5.00. The lowest BCUT2D eigenvalue weighted by Gasteiger charge is -2.03. The number of hydrogen-bond acceptors (Lipinski definition) is 0. The van der Waals surface area contributed by atoms with Crippen LogP contribution in [0.25, 0.3) is 0 Å². The molecule has 0 radical (unpaired) electrons. The van der Waals surface area contributed by atoms with E-state index < -0.39 is 0 Å². The van der Waals surface area contributed by atoms with Gasteiger partial charge in [-0.25, -0.2) is 0 Å². The van der Waals surface area contributed by atoms with Crippen molar-refractivity contribution < 1.29 is 0 Å². The quantitative estimate of drug-likeness (QED) is 0.254. The third kappa shape index (κ3) is 9.56. The summed E-state index contributed by atoms with van der Waals surface area (Å²) in [6.45, 7) is 9.74. The Kier molecular flexibility index (Phi) is 10.8. The van der Waals surface area contributed by atoms with Gasteiger partial charge in [-0.3, -0.25) is 0 Å². The van der Waals surface area contributed by atoms with Crippen molar-refractivity contribution in [2.45, 2.75) is 64.7 Å². The topological polar surface area (TPSA) is 0 Å². The van der Waals surface area contributed by atoms with E-state index in [1.807, 2.05) is 6.08 Å². The Morgan fingerprint density at radius 1 is 1.07 bits per heavy atom. The van der Waals surface area contributed by atoms with Crippen molar-refractivity contribution in [2.75, 3.05) is 0 Å². The van der Waals surface area contributed by atoms with Gasteiger partial charge < -0.3 is 0 Å². The second-order valence-electron chi connectivity index (χ2n) is 4.13. The summed E-state index contributed by atoms with van der Waals surface area (Å²) in [4.78, 5) is 0. The molecule has 0 rings (SSSR count). The van der Waals surface area contributed by atoms with Gasteiger partial charge in [-0.05, 0) is 31.3 Å². The van der Waals surface area contributed by atoms with Gasteiger partial charge in [0.15, 0.2) is 0 Å². The van der Waals surface area contributed by atoms with E-state index in [0.29, 0.717) is 0 Å². The highest BCUT2D eigenvalue weighted by Gasteiger charge is 1.96. The molecule has 0 bridgehead atoms. The van der Waals surface area contributed by atoms with E-state index in [1.165, 1.54) is 50.5 Å². The Hall–Kier alpha value is -0.740. The molecular formula is C15H26. The molecule has 0 N–H and O–H groups in total. The molecule has 86 valence electrons. The van der Waals surface area contributed by atoms with Gasteiger partial charge >= 0.3 is 0 Å². The molecule has 0 saturated heterocycles. The molecule has 0 aromatic heterocycles. The number of unbranched alkanes of at least 4 members (excludes halogenated alkanes) is 5. The van der Waals surface area contributed by atoms with E-state index in [4.69, 9.17) is 0 Å².